The van der Waals surface area contributed by atoms with Crippen LogP contribution in [0.15, 0.2) is 30.3 Å². The van der Waals surface area contributed by atoms with Crippen molar-refractivity contribution in [2.24, 2.45) is 17.8 Å². The maximum Gasteiger partial charge on any atom is 0.0673 e. The van der Waals surface area contributed by atoms with Crippen LogP contribution in [-0.2, 0) is 6.42 Å². The van der Waals surface area contributed by atoms with Crippen LogP contribution in [0.4, 0.5) is 0 Å². The third-order valence-electron chi connectivity index (χ3n) is 2.77. The number of rotatable bonds is 4. The van der Waals surface area contributed by atoms with Crippen molar-refractivity contribution in [3.05, 3.63) is 35.9 Å². The van der Waals surface area contributed by atoms with E-state index in [4.69, 9.17) is 10.5 Å². The summed E-state index contributed by atoms with van der Waals surface area (Å²) in [5, 5.41) is 18.2. The van der Waals surface area contributed by atoms with Crippen molar-refractivity contribution in [3.8, 4) is 12.1 Å². The Morgan fingerprint density at radius 1 is 1.06 bits per heavy atom. The Morgan fingerprint density at radius 2 is 1.69 bits per heavy atom. The van der Waals surface area contributed by atoms with Crippen LogP contribution >= 0.6 is 0 Å². The maximum atomic E-state index is 9.14. The smallest absolute Gasteiger partial charge is 0.0673 e. The summed E-state index contributed by atoms with van der Waals surface area (Å²) < 4.78 is 0. The molecule has 0 aliphatic rings. The molecule has 0 spiro atoms. The molecule has 16 heavy (non-hydrogen) atoms. The number of nitrogens with zero attached hydrogens (tertiary/aromatic N) is 2. The van der Waals surface area contributed by atoms with Crippen molar-refractivity contribution in [1.29, 1.82) is 10.5 Å². The van der Waals surface area contributed by atoms with E-state index in [9.17, 15) is 0 Å². The third-order valence-corrected chi connectivity index (χ3v) is 2.77. The zero-order valence-corrected chi connectivity index (χ0v) is 9.72. The van der Waals surface area contributed by atoms with Gasteiger partial charge >= 0.3 is 0 Å². The summed E-state index contributed by atoms with van der Waals surface area (Å²) in [5.41, 5.74) is 1.12. The summed E-state index contributed by atoms with van der Waals surface area (Å²) in [6.45, 7) is 3.98. The average Bonchev–Trinajstić information content (AvgIpc) is 2.29. The van der Waals surface area contributed by atoms with Gasteiger partial charge in [0, 0.05) is 0 Å². The van der Waals surface area contributed by atoms with Gasteiger partial charge in [-0.05, 0) is 17.9 Å². The van der Waals surface area contributed by atoms with Gasteiger partial charge in [-0.1, -0.05) is 44.2 Å². The zero-order chi connectivity index (χ0) is 12.0. The first kappa shape index (κ1) is 12.3. The summed E-state index contributed by atoms with van der Waals surface area (Å²) >= 11 is 0. The first-order valence-electron chi connectivity index (χ1n) is 5.52. The Labute approximate surface area is 97.1 Å². The summed E-state index contributed by atoms with van der Waals surface area (Å²) in [7, 11) is 0. The van der Waals surface area contributed by atoms with E-state index in [1.54, 1.807) is 0 Å². The van der Waals surface area contributed by atoms with Crippen LogP contribution in [0, 0.1) is 40.4 Å². The molecule has 2 heteroatoms. The minimum Gasteiger partial charge on any atom is -0.198 e. The molecule has 0 aromatic heterocycles. The molecule has 0 radical (unpaired) electrons. The number of hydrogen-bond acceptors (Lipinski definition) is 2. The summed E-state index contributed by atoms with van der Waals surface area (Å²) in [4.78, 5) is 0. The molecule has 0 unspecified atom stereocenters. The highest BCUT2D eigenvalue weighted by molar-refractivity contribution is 5.18. The Bertz CT molecular complexity index is 395. The largest absolute Gasteiger partial charge is 0.198 e. The van der Waals surface area contributed by atoms with Crippen molar-refractivity contribution < 1.29 is 0 Å². The first-order valence-corrected chi connectivity index (χ1v) is 5.52. The molecule has 0 N–H and O–H groups in total. The molecule has 82 valence electrons. The van der Waals surface area contributed by atoms with Crippen molar-refractivity contribution in [2.45, 2.75) is 20.3 Å². The molecular weight excluding hydrogens is 196 g/mol. The number of nitriles is 2. The van der Waals surface area contributed by atoms with Crippen molar-refractivity contribution in [3.63, 3.8) is 0 Å². The zero-order valence-electron chi connectivity index (χ0n) is 9.72. The van der Waals surface area contributed by atoms with E-state index < -0.39 is 0 Å². The van der Waals surface area contributed by atoms with Gasteiger partial charge in [-0.2, -0.15) is 10.5 Å². The lowest BCUT2D eigenvalue weighted by molar-refractivity contribution is 0.378. The fourth-order valence-electron chi connectivity index (χ4n) is 1.82. The van der Waals surface area contributed by atoms with E-state index in [2.05, 4.69) is 12.1 Å². The normalized spacial score (nSPS) is 13.8. The van der Waals surface area contributed by atoms with Crippen LogP contribution < -0.4 is 0 Å². The molecule has 0 aliphatic heterocycles. The molecule has 0 amide bonds. The van der Waals surface area contributed by atoms with Crippen LogP contribution in [0.1, 0.15) is 19.4 Å². The Kier molecular flexibility index (Phi) is 4.55. The molecular formula is C14H16N2. The molecule has 0 saturated heterocycles. The molecule has 2 atom stereocenters. The summed E-state index contributed by atoms with van der Waals surface area (Å²) in [6, 6.07) is 14.4. The van der Waals surface area contributed by atoms with E-state index >= 15 is 0 Å². The fraction of sp³-hybridized carbons (Fsp3) is 0.429. The second-order valence-corrected chi connectivity index (χ2v) is 4.32. The molecule has 0 heterocycles. The Balaban J connectivity index is 2.78. The molecule has 0 bridgehead atoms. The van der Waals surface area contributed by atoms with Crippen molar-refractivity contribution in [2.75, 3.05) is 0 Å². The van der Waals surface area contributed by atoms with Gasteiger partial charge in [-0.3, -0.25) is 0 Å². The fourth-order valence-corrected chi connectivity index (χ4v) is 1.82. The molecule has 1 rings (SSSR count). The van der Waals surface area contributed by atoms with Gasteiger partial charge in [0.05, 0.1) is 24.0 Å². The standard InChI is InChI=1S/C14H16N2/c1-11(2)14(10-16)13(9-15)8-12-6-4-3-5-7-12/h3-7,11,13-14H,8H2,1-2H3/t13-,14+/m0/s1. The SMILES string of the molecule is CC(C)[C@@H](C#N)[C@H](C#N)Cc1ccccc1. The van der Waals surface area contributed by atoms with Crippen LogP contribution in [0.25, 0.3) is 0 Å². The van der Waals surface area contributed by atoms with Gasteiger partial charge in [0.2, 0.25) is 0 Å². The molecule has 0 saturated carbocycles. The van der Waals surface area contributed by atoms with Crippen LogP contribution in [0.5, 0.6) is 0 Å². The molecule has 1 aromatic rings. The van der Waals surface area contributed by atoms with E-state index in [1.807, 2.05) is 44.2 Å². The van der Waals surface area contributed by atoms with Gasteiger partial charge in [0.15, 0.2) is 0 Å². The van der Waals surface area contributed by atoms with E-state index in [0.717, 1.165) is 5.56 Å². The lowest BCUT2D eigenvalue weighted by Crippen LogP contribution is -2.19. The molecule has 1 aromatic carbocycles. The minimum atomic E-state index is -0.215. The molecule has 2 nitrogen and oxygen atoms in total. The predicted molar refractivity (Wildman–Crippen MR) is 63.2 cm³/mol. The first-order chi connectivity index (χ1) is 7.69. The van der Waals surface area contributed by atoms with Gasteiger partial charge in [0.25, 0.3) is 0 Å². The summed E-state index contributed by atoms with van der Waals surface area (Å²) in [5.74, 6) is -0.184. The van der Waals surface area contributed by atoms with Crippen LogP contribution in [0.3, 0.4) is 0 Å². The number of benzene rings is 1. The minimum absolute atomic E-state index is 0.190. The third kappa shape index (κ3) is 3.11. The Hall–Kier alpha value is -1.80. The van der Waals surface area contributed by atoms with Crippen molar-refractivity contribution in [1.82, 2.24) is 0 Å². The van der Waals surface area contributed by atoms with Gasteiger partial charge in [0.1, 0.15) is 0 Å². The van der Waals surface area contributed by atoms with Gasteiger partial charge < -0.3 is 0 Å². The maximum absolute atomic E-state index is 9.14. The molecule has 0 aliphatic carbocycles. The average molecular weight is 212 g/mol. The van der Waals surface area contributed by atoms with Crippen molar-refractivity contribution >= 4 is 0 Å². The topological polar surface area (TPSA) is 47.6 Å². The quantitative estimate of drug-likeness (QED) is 0.769. The molecule has 0 fully saturated rings. The second kappa shape index (κ2) is 5.93. The lowest BCUT2D eigenvalue weighted by atomic mass is 9.82. The van der Waals surface area contributed by atoms with E-state index in [1.165, 1.54) is 0 Å². The Morgan fingerprint density at radius 3 is 2.12 bits per heavy atom. The highest BCUT2D eigenvalue weighted by Crippen LogP contribution is 2.23. The highest BCUT2D eigenvalue weighted by Gasteiger charge is 2.24. The highest BCUT2D eigenvalue weighted by atomic mass is 14.4. The monoisotopic (exact) mass is 212 g/mol. The van der Waals surface area contributed by atoms with Gasteiger partial charge in [-0.25, -0.2) is 0 Å². The van der Waals surface area contributed by atoms with E-state index in [-0.39, 0.29) is 17.8 Å². The number of hydrogen-bond donors (Lipinski definition) is 0. The van der Waals surface area contributed by atoms with Crippen LogP contribution in [0.2, 0.25) is 0 Å². The predicted octanol–water partition coefficient (Wildman–Crippen LogP) is 3.16. The van der Waals surface area contributed by atoms with E-state index in [0.29, 0.717) is 6.42 Å². The summed E-state index contributed by atoms with van der Waals surface area (Å²) in [6.07, 6.45) is 0.660. The van der Waals surface area contributed by atoms with Gasteiger partial charge in [-0.15, -0.1) is 0 Å². The lowest BCUT2D eigenvalue weighted by Gasteiger charge is -2.18. The second-order valence-electron chi connectivity index (χ2n) is 4.32. The van der Waals surface area contributed by atoms with Crippen LogP contribution in [-0.4, -0.2) is 0 Å².